The summed E-state index contributed by atoms with van der Waals surface area (Å²) in [4.78, 5) is 17.5. The van der Waals surface area contributed by atoms with Crippen molar-refractivity contribution in [3.8, 4) is 0 Å². The van der Waals surface area contributed by atoms with E-state index < -0.39 is 15.8 Å². The Hall–Kier alpha value is -2.11. The van der Waals surface area contributed by atoms with Crippen LogP contribution in [0.3, 0.4) is 0 Å². The number of nitrogens with one attached hydrogen (secondary N) is 2. The molecule has 0 radical (unpaired) electrons. The third-order valence-corrected chi connectivity index (χ3v) is 10.9. The lowest BCUT2D eigenvalue weighted by molar-refractivity contribution is -0.117. The molecule has 2 fully saturated rings. The van der Waals surface area contributed by atoms with E-state index in [2.05, 4.69) is 29.5 Å². The third-order valence-electron chi connectivity index (χ3n) is 8.58. The van der Waals surface area contributed by atoms with Crippen molar-refractivity contribution < 1.29 is 22.3 Å². The number of carbonyl (C=O) groups is 1. The Bertz CT molecular complexity index is 1300. The largest absolute Gasteiger partial charge is 0.376 e. The van der Waals surface area contributed by atoms with E-state index in [1.54, 1.807) is 4.31 Å². The number of sulfonamides is 1. The van der Waals surface area contributed by atoms with Crippen LogP contribution in [0.25, 0.3) is 0 Å². The Morgan fingerprint density at radius 2 is 1.91 bits per heavy atom. The number of amides is 1. The van der Waals surface area contributed by atoms with E-state index in [4.69, 9.17) is 16.3 Å². The first-order chi connectivity index (χ1) is 20.6. The first-order valence-corrected chi connectivity index (χ1v) is 17.6. The molecule has 2 aromatic rings. The smallest absolute Gasteiger partial charge is 0.225 e. The van der Waals surface area contributed by atoms with E-state index in [0.29, 0.717) is 54.7 Å². The maximum Gasteiger partial charge on any atom is 0.225 e. The second-order valence-electron chi connectivity index (χ2n) is 12.1. The van der Waals surface area contributed by atoms with Crippen LogP contribution in [-0.2, 0) is 26.0 Å². The molecule has 1 amide bonds. The fraction of sp³-hybridized carbons (Fsp3) is 0.625. The van der Waals surface area contributed by atoms with Gasteiger partial charge < -0.3 is 15.4 Å². The highest BCUT2D eigenvalue weighted by Gasteiger charge is 2.33. The van der Waals surface area contributed by atoms with Crippen LogP contribution in [-0.4, -0.2) is 67.3 Å². The van der Waals surface area contributed by atoms with Crippen molar-refractivity contribution >= 4 is 33.2 Å². The second-order valence-corrected chi connectivity index (χ2v) is 14.6. The standard InChI is InChI=1S/C32H46ClFN4O4S/c1-4-17-43(40,41)38-16-15-35-19-26(38)11-14-28-30(34)20-36-21-31(28)37-32(39)18-29(23-5-9-25(33)10-6-23)24-7-12-27(13-8-24)42-22(2)3/h5-6,9-10,20-22,24,26-27,29,35H,4,7-8,11-19H2,1-3H3,(H,37,39)/t24?,26-,27?,29-/m0/s1. The molecule has 1 aromatic carbocycles. The van der Waals surface area contributed by atoms with Gasteiger partial charge in [-0.05, 0) is 88.3 Å². The van der Waals surface area contributed by atoms with Gasteiger partial charge in [0.1, 0.15) is 5.82 Å². The highest BCUT2D eigenvalue weighted by atomic mass is 35.5. The Morgan fingerprint density at radius 3 is 2.58 bits per heavy atom. The number of piperazine rings is 1. The average Bonchev–Trinajstić information content (AvgIpc) is 2.96. The van der Waals surface area contributed by atoms with E-state index in [-0.39, 0.29) is 48.7 Å². The van der Waals surface area contributed by atoms with Crippen LogP contribution in [0, 0.1) is 11.7 Å². The molecule has 238 valence electrons. The van der Waals surface area contributed by atoms with E-state index in [0.717, 1.165) is 37.4 Å². The number of ether oxygens (including phenoxy) is 1. The zero-order chi connectivity index (χ0) is 31.0. The molecule has 1 saturated carbocycles. The molecule has 2 N–H and O–H groups in total. The van der Waals surface area contributed by atoms with Gasteiger partial charge in [-0.25, -0.2) is 12.8 Å². The number of rotatable bonds is 13. The number of hydrogen-bond acceptors (Lipinski definition) is 6. The monoisotopic (exact) mass is 636 g/mol. The maximum atomic E-state index is 15.1. The van der Waals surface area contributed by atoms with Crippen LogP contribution in [0.2, 0.25) is 5.02 Å². The van der Waals surface area contributed by atoms with Crippen LogP contribution in [0.15, 0.2) is 36.7 Å². The number of anilines is 1. The minimum Gasteiger partial charge on any atom is -0.376 e. The van der Waals surface area contributed by atoms with E-state index in [1.165, 1.54) is 6.20 Å². The molecule has 0 spiro atoms. The molecule has 11 heteroatoms. The van der Waals surface area contributed by atoms with Crippen LogP contribution in [0.4, 0.5) is 10.1 Å². The van der Waals surface area contributed by atoms with Gasteiger partial charge in [0.15, 0.2) is 0 Å². The lowest BCUT2D eigenvalue weighted by Gasteiger charge is -2.35. The molecule has 4 rings (SSSR count). The summed E-state index contributed by atoms with van der Waals surface area (Å²) in [6, 6.07) is 7.40. The summed E-state index contributed by atoms with van der Waals surface area (Å²) in [6.07, 6.45) is 8.35. The van der Waals surface area contributed by atoms with Gasteiger partial charge in [-0.2, -0.15) is 4.31 Å². The molecule has 0 bridgehead atoms. The summed E-state index contributed by atoms with van der Waals surface area (Å²) in [5, 5.41) is 6.85. The molecule has 2 heterocycles. The number of aromatic nitrogens is 1. The zero-order valence-electron chi connectivity index (χ0n) is 25.5. The van der Waals surface area contributed by atoms with Crippen molar-refractivity contribution in [3.05, 3.63) is 58.6 Å². The van der Waals surface area contributed by atoms with Crippen LogP contribution >= 0.6 is 11.6 Å². The molecule has 1 aliphatic heterocycles. The molecule has 43 heavy (non-hydrogen) atoms. The highest BCUT2D eigenvalue weighted by molar-refractivity contribution is 7.89. The topological polar surface area (TPSA) is 101 Å². The number of carbonyl (C=O) groups excluding carboxylic acids is 1. The Morgan fingerprint density at radius 1 is 1.19 bits per heavy atom. The second kappa shape index (κ2) is 15.8. The minimum absolute atomic E-state index is 0.0205. The van der Waals surface area contributed by atoms with Crippen LogP contribution in [0.1, 0.15) is 82.8 Å². The lowest BCUT2D eigenvalue weighted by atomic mass is 9.74. The van der Waals surface area contributed by atoms with Crippen LogP contribution in [0.5, 0.6) is 0 Å². The molecule has 1 saturated heterocycles. The Labute approximate surface area is 261 Å². The van der Waals surface area contributed by atoms with Gasteiger partial charge in [0.25, 0.3) is 0 Å². The number of nitrogens with zero attached hydrogens (tertiary/aromatic N) is 2. The Balaban J connectivity index is 1.46. The SMILES string of the molecule is CCCS(=O)(=O)N1CCNC[C@@H]1CCc1c(F)cncc1NC(=O)C[C@@H](c1ccc(Cl)cc1)C1CCC(OC(C)C)CC1. The predicted molar refractivity (Wildman–Crippen MR) is 169 cm³/mol. The van der Waals surface area contributed by atoms with Crippen molar-refractivity contribution in [3.63, 3.8) is 0 Å². The van der Waals surface area contributed by atoms with E-state index >= 15 is 4.39 Å². The van der Waals surface area contributed by atoms with Crippen molar-refractivity contribution in [2.24, 2.45) is 5.92 Å². The van der Waals surface area contributed by atoms with Gasteiger partial charge >= 0.3 is 0 Å². The van der Waals surface area contributed by atoms with Crippen LogP contribution < -0.4 is 10.6 Å². The molecule has 1 aliphatic carbocycles. The molecular formula is C32H46ClFN4O4S. The van der Waals surface area contributed by atoms with Gasteiger partial charge in [-0.1, -0.05) is 30.7 Å². The molecule has 0 unspecified atom stereocenters. The molecular weight excluding hydrogens is 591 g/mol. The van der Waals surface area contributed by atoms with Crippen molar-refractivity contribution in [2.75, 3.05) is 30.7 Å². The van der Waals surface area contributed by atoms with E-state index in [1.807, 2.05) is 31.2 Å². The molecule has 2 atom stereocenters. The lowest BCUT2D eigenvalue weighted by Crippen LogP contribution is -2.54. The van der Waals surface area contributed by atoms with Gasteiger partial charge in [0, 0.05) is 42.7 Å². The summed E-state index contributed by atoms with van der Waals surface area (Å²) in [5.74, 6) is -0.343. The molecule has 2 aliphatic rings. The predicted octanol–water partition coefficient (Wildman–Crippen LogP) is 5.92. The number of pyridine rings is 1. The summed E-state index contributed by atoms with van der Waals surface area (Å²) < 4.78 is 48.4. The number of benzene rings is 1. The number of halogens is 2. The van der Waals surface area contributed by atoms with Gasteiger partial charge in [-0.3, -0.25) is 9.78 Å². The van der Waals surface area contributed by atoms with Crippen molar-refractivity contribution in [1.82, 2.24) is 14.6 Å². The third kappa shape index (κ3) is 9.44. The van der Waals surface area contributed by atoms with Crippen molar-refractivity contribution in [2.45, 2.75) is 96.3 Å². The maximum absolute atomic E-state index is 15.1. The molecule has 8 nitrogen and oxygen atoms in total. The quantitative estimate of drug-likeness (QED) is 0.283. The fourth-order valence-corrected chi connectivity index (χ4v) is 8.42. The zero-order valence-corrected chi connectivity index (χ0v) is 27.1. The first kappa shape index (κ1) is 33.8. The average molecular weight is 637 g/mol. The van der Waals surface area contributed by atoms with Crippen molar-refractivity contribution in [1.29, 1.82) is 0 Å². The Kier molecular flexibility index (Phi) is 12.4. The summed E-state index contributed by atoms with van der Waals surface area (Å²) in [6.45, 7) is 7.45. The fourth-order valence-electron chi connectivity index (χ4n) is 6.54. The number of hydrogen-bond donors (Lipinski definition) is 2. The minimum atomic E-state index is -3.39. The first-order valence-electron chi connectivity index (χ1n) is 15.6. The van der Waals surface area contributed by atoms with Gasteiger partial charge in [0.05, 0.1) is 36.0 Å². The highest BCUT2D eigenvalue weighted by Crippen LogP contribution is 2.40. The molecule has 1 aromatic heterocycles. The summed E-state index contributed by atoms with van der Waals surface area (Å²) in [7, 11) is -3.39. The summed E-state index contributed by atoms with van der Waals surface area (Å²) >= 11 is 6.17. The normalized spacial score (nSPS) is 22.4. The summed E-state index contributed by atoms with van der Waals surface area (Å²) in [5.41, 5.74) is 1.74. The van der Waals surface area contributed by atoms with E-state index in [9.17, 15) is 13.2 Å². The van der Waals surface area contributed by atoms with Gasteiger partial charge in [-0.15, -0.1) is 0 Å². The van der Waals surface area contributed by atoms with Gasteiger partial charge in [0.2, 0.25) is 15.9 Å².